The van der Waals surface area contributed by atoms with Gasteiger partial charge in [-0.1, -0.05) is 26.7 Å². The molecule has 0 aromatic heterocycles. The Morgan fingerprint density at radius 1 is 1.25 bits per heavy atom. The summed E-state index contributed by atoms with van der Waals surface area (Å²) in [5.41, 5.74) is 5.59. The number of hydrogen-bond acceptors (Lipinski definition) is 4. The van der Waals surface area contributed by atoms with Crippen LogP contribution in [0.25, 0.3) is 0 Å². The molecule has 5 heteroatoms. The number of esters is 1. The predicted molar refractivity (Wildman–Crippen MR) is 80.1 cm³/mol. The molecule has 0 saturated carbocycles. The molecule has 0 spiro atoms. The third-order valence-corrected chi connectivity index (χ3v) is 3.62. The zero-order chi connectivity index (χ0) is 15.5. The van der Waals surface area contributed by atoms with E-state index in [1.165, 1.54) is 7.11 Å². The van der Waals surface area contributed by atoms with E-state index in [0.717, 1.165) is 25.7 Å². The Hall–Kier alpha value is -1.10. The van der Waals surface area contributed by atoms with Gasteiger partial charge in [0.2, 0.25) is 5.91 Å². The minimum atomic E-state index is -0.288. The Balaban J connectivity index is 4.14. The van der Waals surface area contributed by atoms with E-state index in [9.17, 15) is 9.59 Å². The Morgan fingerprint density at radius 3 is 2.40 bits per heavy atom. The van der Waals surface area contributed by atoms with Crippen LogP contribution in [-0.2, 0) is 14.3 Å². The fourth-order valence-electron chi connectivity index (χ4n) is 2.38. The van der Waals surface area contributed by atoms with Gasteiger partial charge in [-0.05, 0) is 25.3 Å². The van der Waals surface area contributed by atoms with Gasteiger partial charge in [0, 0.05) is 20.0 Å². The van der Waals surface area contributed by atoms with Crippen molar-refractivity contribution >= 4 is 11.9 Å². The summed E-state index contributed by atoms with van der Waals surface area (Å²) in [6.07, 6.45) is 4.61. The summed E-state index contributed by atoms with van der Waals surface area (Å²) in [7, 11) is 3.10. The second-order valence-corrected chi connectivity index (χ2v) is 5.47. The van der Waals surface area contributed by atoms with E-state index in [1.54, 1.807) is 18.9 Å². The van der Waals surface area contributed by atoms with Crippen molar-refractivity contribution in [2.75, 3.05) is 27.2 Å². The van der Waals surface area contributed by atoms with Crippen LogP contribution in [0.5, 0.6) is 0 Å². The van der Waals surface area contributed by atoms with Crippen molar-refractivity contribution in [3.63, 3.8) is 0 Å². The highest BCUT2D eigenvalue weighted by Gasteiger charge is 2.19. The van der Waals surface area contributed by atoms with Crippen molar-refractivity contribution in [1.82, 2.24) is 4.90 Å². The van der Waals surface area contributed by atoms with E-state index in [1.807, 2.05) is 0 Å². The minimum Gasteiger partial charge on any atom is -0.469 e. The molecular formula is C15H30N2O3. The number of methoxy groups -OCH3 is 1. The summed E-state index contributed by atoms with van der Waals surface area (Å²) in [5, 5.41) is 0. The first kappa shape index (κ1) is 18.9. The molecule has 2 unspecified atom stereocenters. The Morgan fingerprint density at radius 2 is 1.90 bits per heavy atom. The molecule has 2 N–H and O–H groups in total. The lowest BCUT2D eigenvalue weighted by Gasteiger charge is -2.22. The van der Waals surface area contributed by atoms with Gasteiger partial charge in [0.25, 0.3) is 0 Å². The van der Waals surface area contributed by atoms with Crippen LogP contribution >= 0.6 is 0 Å². The predicted octanol–water partition coefficient (Wildman–Crippen LogP) is 1.80. The second-order valence-electron chi connectivity index (χ2n) is 5.47. The largest absolute Gasteiger partial charge is 0.469 e. The quantitative estimate of drug-likeness (QED) is 0.622. The molecule has 0 fully saturated rings. The summed E-state index contributed by atoms with van der Waals surface area (Å²) in [5.74, 6) is 0.0420. The van der Waals surface area contributed by atoms with E-state index in [4.69, 9.17) is 5.73 Å². The average Bonchev–Trinajstić information content (AvgIpc) is 2.43. The van der Waals surface area contributed by atoms with Crippen molar-refractivity contribution in [2.45, 2.75) is 46.0 Å². The van der Waals surface area contributed by atoms with E-state index in [0.29, 0.717) is 25.4 Å². The zero-order valence-corrected chi connectivity index (χ0v) is 13.4. The summed E-state index contributed by atoms with van der Waals surface area (Å²) in [6.45, 7) is 4.99. The van der Waals surface area contributed by atoms with Crippen LogP contribution in [0, 0.1) is 11.8 Å². The van der Waals surface area contributed by atoms with Gasteiger partial charge in [0.05, 0.1) is 13.0 Å². The molecule has 0 aromatic carbocycles. The Labute approximate surface area is 122 Å². The van der Waals surface area contributed by atoms with Gasteiger partial charge in [-0.15, -0.1) is 0 Å². The smallest absolute Gasteiger partial charge is 0.310 e. The SMILES string of the molecule is CCCC(CCN)CCC(=O)N(C)CC(C)C(=O)OC. The van der Waals surface area contributed by atoms with E-state index in [2.05, 4.69) is 11.7 Å². The van der Waals surface area contributed by atoms with Gasteiger partial charge in [-0.25, -0.2) is 0 Å². The molecule has 0 rings (SSSR count). The number of nitrogens with two attached hydrogens (primary N) is 1. The lowest BCUT2D eigenvalue weighted by atomic mass is 9.94. The van der Waals surface area contributed by atoms with E-state index >= 15 is 0 Å². The first-order chi connectivity index (χ1) is 9.46. The Kier molecular flexibility index (Phi) is 10.1. The second kappa shape index (κ2) is 10.7. The highest BCUT2D eigenvalue weighted by Crippen LogP contribution is 2.17. The molecule has 118 valence electrons. The molecule has 0 aliphatic rings. The minimum absolute atomic E-state index is 0.0823. The van der Waals surface area contributed by atoms with E-state index < -0.39 is 0 Å². The van der Waals surface area contributed by atoms with Gasteiger partial charge in [-0.2, -0.15) is 0 Å². The number of carbonyl (C=O) groups excluding carboxylic acids is 2. The van der Waals surface area contributed by atoms with Crippen LogP contribution < -0.4 is 5.73 Å². The molecule has 0 radical (unpaired) electrons. The first-order valence-corrected chi connectivity index (χ1v) is 7.48. The molecule has 2 atom stereocenters. The fourth-order valence-corrected chi connectivity index (χ4v) is 2.38. The van der Waals surface area contributed by atoms with Crippen LogP contribution in [-0.4, -0.2) is 44.0 Å². The van der Waals surface area contributed by atoms with Crippen molar-refractivity contribution in [3.8, 4) is 0 Å². The lowest BCUT2D eigenvalue weighted by Crippen LogP contribution is -2.34. The number of hydrogen-bond donors (Lipinski definition) is 1. The number of rotatable bonds is 10. The molecule has 0 saturated heterocycles. The van der Waals surface area contributed by atoms with Gasteiger partial charge < -0.3 is 15.4 Å². The lowest BCUT2D eigenvalue weighted by molar-refractivity contribution is -0.146. The number of nitrogens with zero attached hydrogens (tertiary/aromatic N) is 1. The summed E-state index contributed by atoms with van der Waals surface area (Å²) >= 11 is 0. The summed E-state index contributed by atoms with van der Waals surface area (Å²) in [6, 6.07) is 0. The standard InChI is InChI=1S/C15H30N2O3/c1-5-6-13(9-10-16)7-8-14(18)17(3)11-12(2)15(19)20-4/h12-13H,5-11,16H2,1-4H3. The maximum atomic E-state index is 12.0. The van der Waals surface area contributed by atoms with Gasteiger partial charge in [-0.3, -0.25) is 9.59 Å². The molecule has 1 amide bonds. The van der Waals surface area contributed by atoms with Gasteiger partial charge in [0.15, 0.2) is 0 Å². The molecule has 0 aliphatic carbocycles. The monoisotopic (exact) mass is 286 g/mol. The van der Waals surface area contributed by atoms with Crippen molar-refractivity contribution in [1.29, 1.82) is 0 Å². The van der Waals surface area contributed by atoms with Gasteiger partial charge >= 0.3 is 5.97 Å². The molecule has 5 nitrogen and oxygen atoms in total. The number of amides is 1. The van der Waals surface area contributed by atoms with Crippen LogP contribution in [0.2, 0.25) is 0 Å². The number of carbonyl (C=O) groups is 2. The number of ether oxygens (including phenoxy) is 1. The summed E-state index contributed by atoms with van der Waals surface area (Å²) < 4.78 is 4.66. The Bertz CT molecular complexity index is 289. The van der Waals surface area contributed by atoms with Crippen molar-refractivity contribution < 1.29 is 14.3 Å². The molecule has 0 aromatic rings. The highest BCUT2D eigenvalue weighted by atomic mass is 16.5. The molecule has 0 aliphatic heterocycles. The summed E-state index contributed by atoms with van der Waals surface area (Å²) in [4.78, 5) is 25.0. The molecule has 0 bridgehead atoms. The van der Waals surface area contributed by atoms with Crippen LogP contribution in [0.4, 0.5) is 0 Å². The first-order valence-electron chi connectivity index (χ1n) is 7.48. The normalized spacial score (nSPS) is 13.7. The maximum Gasteiger partial charge on any atom is 0.310 e. The average molecular weight is 286 g/mol. The molecule has 0 heterocycles. The topological polar surface area (TPSA) is 72.6 Å². The fraction of sp³-hybridized carbons (Fsp3) is 0.867. The van der Waals surface area contributed by atoms with Crippen molar-refractivity contribution in [2.24, 2.45) is 17.6 Å². The molecular weight excluding hydrogens is 256 g/mol. The van der Waals surface area contributed by atoms with Crippen LogP contribution in [0.3, 0.4) is 0 Å². The van der Waals surface area contributed by atoms with Crippen LogP contribution in [0.1, 0.15) is 46.0 Å². The zero-order valence-electron chi connectivity index (χ0n) is 13.4. The van der Waals surface area contributed by atoms with Crippen molar-refractivity contribution in [3.05, 3.63) is 0 Å². The third kappa shape index (κ3) is 7.48. The highest BCUT2D eigenvalue weighted by molar-refractivity contribution is 5.77. The molecule has 20 heavy (non-hydrogen) atoms. The van der Waals surface area contributed by atoms with E-state index in [-0.39, 0.29) is 17.8 Å². The van der Waals surface area contributed by atoms with Gasteiger partial charge in [0.1, 0.15) is 0 Å². The van der Waals surface area contributed by atoms with Crippen LogP contribution in [0.15, 0.2) is 0 Å². The third-order valence-electron chi connectivity index (χ3n) is 3.62. The maximum absolute atomic E-state index is 12.0.